The lowest BCUT2D eigenvalue weighted by Crippen LogP contribution is -2.29. The topological polar surface area (TPSA) is 110 Å². The number of nitro groups is 1. The quantitative estimate of drug-likeness (QED) is 0.143. The smallest absolute Gasteiger partial charge is 0.295 e. The molecule has 1 unspecified atom stereocenters. The summed E-state index contributed by atoms with van der Waals surface area (Å²) >= 11 is 0. The lowest BCUT2D eigenvalue weighted by atomic mass is 9.94. The van der Waals surface area contributed by atoms with Gasteiger partial charge in [0.25, 0.3) is 17.4 Å². The van der Waals surface area contributed by atoms with E-state index in [2.05, 4.69) is 13.8 Å². The van der Waals surface area contributed by atoms with E-state index < -0.39 is 28.4 Å². The number of ketones is 1. The normalized spacial score (nSPS) is 16.9. The number of aryl methyl sites for hydroxylation is 1. The number of amides is 1. The molecule has 1 amide bonds. The van der Waals surface area contributed by atoms with Crippen molar-refractivity contribution >= 4 is 23.1 Å². The van der Waals surface area contributed by atoms with Gasteiger partial charge in [0.2, 0.25) is 0 Å². The third-order valence-corrected chi connectivity index (χ3v) is 6.09. The molecular weight excluding hydrogens is 472 g/mol. The Morgan fingerprint density at radius 3 is 2.41 bits per heavy atom. The van der Waals surface area contributed by atoms with Gasteiger partial charge in [-0.1, -0.05) is 67.9 Å². The Morgan fingerprint density at radius 2 is 1.76 bits per heavy atom. The highest BCUT2D eigenvalue weighted by molar-refractivity contribution is 6.46. The standard InChI is InChI=1S/C29H28N2O6/c1-18(2)17-37-24-12-10-20(11-13-24)16-30-26(21-7-4-6-19(3)14-21)25(28(33)29(30)34)27(32)22-8-5-9-23(15-22)31(35)36/h4-15,18,26,32H,16-17H2,1-3H3/b27-25-. The van der Waals surface area contributed by atoms with Crippen LogP contribution in [0.2, 0.25) is 0 Å². The summed E-state index contributed by atoms with van der Waals surface area (Å²) in [5.74, 6) is -0.952. The summed E-state index contributed by atoms with van der Waals surface area (Å²) in [7, 11) is 0. The number of benzene rings is 3. The summed E-state index contributed by atoms with van der Waals surface area (Å²) < 4.78 is 5.74. The second kappa shape index (κ2) is 10.7. The van der Waals surface area contributed by atoms with Crippen molar-refractivity contribution in [3.63, 3.8) is 0 Å². The predicted octanol–water partition coefficient (Wildman–Crippen LogP) is 5.56. The van der Waals surface area contributed by atoms with E-state index in [-0.39, 0.29) is 23.4 Å². The number of Topliss-reactive ketones (excluding diaryl/α,β-unsaturated/α-hetero) is 1. The molecule has 4 rings (SSSR count). The van der Waals surface area contributed by atoms with Crippen LogP contribution in [0.5, 0.6) is 5.75 Å². The van der Waals surface area contributed by atoms with E-state index in [0.717, 1.165) is 11.1 Å². The van der Waals surface area contributed by atoms with Crippen LogP contribution in [0.15, 0.2) is 78.4 Å². The molecule has 1 aliphatic rings. The molecule has 0 aliphatic carbocycles. The van der Waals surface area contributed by atoms with Crippen molar-refractivity contribution in [1.29, 1.82) is 0 Å². The highest BCUT2D eigenvalue weighted by Gasteiger charge is 2.46. The molecule has 37 heavy (non-hydrogen) atoms. The molecular formula is C29H28N2O6. The van der Waals surface area contributed by atoms with Crippen LogP contribution in [0.3, 0.4) is 0 Å². The molecule has 1 saturated heterocycles. The second-order valence-corrected chi connectivity index (χ2v) is 9.50. The minimum absolute atomic E-state index is 0.0940. The van der Waals surface area contributed by atoms with Gasteiger partial charge in [-0.25, -0.2) is 0 Å². The zero-order valence-electron chi connectivity index (χ0n) is 20.9. The zero-order valence-corrected chi connectivity index (χ0v) is 20.9. The van der Waals surface area contributed by atoms with Gasteiger partial charge < -0.3 is 14.7 Å². The maximum atomic E-state index is 13.2. The Kier molecular flexibility index (Phi) is 7.38. The average molecular weight is 501 g/mol. The first-order valence-corrected chi connectivity index (χ1v) is 12.0. The van der Waals surface area contributed by atoms with Crippen molar-refractivity contribution in [2.45, 2.75) is 33.4 Å². The number of hydrogen-bond donors (Lipinski definition) is 1. The first kappa shape index (κ1) is 25.6. The molecule has 0 bridgehead atoms. The summed E-state index contributed by atoms with van der Waals surface area (Å²) in [6, 6.07) is 19.2. The number of aliphatic hydroxyl groups is 1. The molecule has 8 nitrogen and oxygen atoms in total. The van der Waals surface area contributed by atoms with Crippen LogP contribution < -0.4 is 4.74 Å². The SMILES string of the molecule is Cc1cccc(C2/C(=C(/O)c3cccc([N+](=O)[O-])c3)C(=O)C(=O)N2Cc2ccc(OCC(C)C)cc2)c1. The molecule has 8 heteroatoms. The lowest BCUT2D eigenvalue weighted by molar-refractivity contribution is -0.384. The van der Waals surface area contributed by atoms with Gasteiger partial charge in [-0.2, -0.15) is 0 Å². The molecule has 0 spiro atoms. The second-order valence-electron chi connectivity index (χ2n) is 9.50. The van der Waals surface area contributed by atoms with Crippen LogP contribution in [0.1, 0.15) is 42.1 Å². The Morgan fingerprint density at radius 1 is 1.05 bits per heavy atom. The van der Waals surface area contributed by atoms with Crippen LogP contribution in [0, 0.1) is 23.0 Å². The summed E-state index contributed by atoms with van der Waals surface area (Å²) in [4.78, 5) is 38.6. The number of carbonyl (C=O) groups is 2. The van der Waals surface area contributed by atoms with Crippen molar-refractivity contribution in [2.75, 3.05) is 6.61 Å². The van der Waals surface area contributed by atoms with Gasteiger partial charge in [0.1, 0.15) is 11.5 Å². The van der Waals surface area contributed by atoms with Crippen LogP contribution in [-0.4, -0.2) is 33.2 Å². The maximum Gasteiger partial charge on any atom is 0.295 e. The number of carbonyl (C=O) groups excluding carboxylic acids is 2. The summed E-state index contributed by atoms with van der Waals surface area (Å²) in [6.45, 7) is 6.72. The van der Waals surface area contributed by atoms with Crippen molar-refractivity contribution in [3.8, 4) is 5.75 Å². The average Bonchev–Trinajstić information content (AvgIpc) is 3.12. The monoisotopic (exact) mass is 500 g/mol. The Balaban J connectivity index is 1.76. The zero-order chi connectivity index (χ0) is 26.7. The van der Waals surface area contributed by atoms with Crippen LogP contribution in [0.25, 0.3) is 5.76 Å². The van der Waals surface area contributed by atoms with Crippen molar-refractivity contribution in [1.82, 2.24) is 4.90 Å². The van der Waals surface area contributed by atoms with Gasteiger partial charge in [0.05, 0.1) is 23.1 Å². The largest absolute Gasteiger partial charge is 0.507 e. The summed E-state index contributed by atoms with van der Waals surface area (Å²) in [6.07, 6.45) is 0. The number of rotatable bonds is 8. The molecule has 3 aromatic rings. The summed E-state index contributed by atoms with van der Waals surface area (Å²) in [5.41, 5.74) is 2.12. The maximum absolute atomic E-state index is 13.2. The minimum atomic E-state index is -0.865. The molecule has 3 aromatic carbocycles. The first-order chi connectivity index (χ1) is 17.7. The molecule has 1 atom stereocenters. The molecule has 0 aromatic heterocycles. The summed E-state index contributed by atoms with van der Waals surface area (Å²) in [5, 5.41) is 22.4. The molecule has 1 aliphatic heterocycles. The molecule has 1 heterocycles. The number of likely N-dealkylation sites (tertiary alicyclic amines) is 1. The van der Waals surface area contributed by atoms with Gasteiger partial charge in [-0.3, -0.25) is 19.7 Å². The highest BCUT2D eigenvalue weighted by Crippen LogP contribution is 2.40. The lowest BCUT2D eigenvalue weighted by Gasteiger charge is -2.26. The first-order valence-electron chi connectivity index (χ1n) is 12.0. The van der Waals surface area contributed by atoms with E-state index in [0.29, 0.717) is 23.8 Å². The fourth-order valence-electron chi connectivity index (χ4n) is 4.30. The van der Waals surface area contributed by atoms with E-state index in [1.165, 1.54) is 29.2 Å². The number of nitrogens with zero attached hydrogens (tertiary/aromatic N) is 2. The molecule has 0 saturated carbocycles. The van der Waals surface area contributed by atoms with E-state index in [1.807, 2.05) is 49.4 Å². The van der Waals surface area contributed by atoms with Gasteiger partial charge >= 0.3 is 0 Å². The van der Waals surface area contributed by atoms with Crippen LogP contribution >= 0.6 is 0 Å². The van der Waals surface area contributed by atoms with Crippen molar-refractivity contribution < 1.29 is 24.4 Å². The van der Waals surface area contributed by atoms with Crippen LogP contribution in [-0.2, 0) is 16.1 Å². The number of aliphatic hydroxyl groups excluding tert-OH is 1. The third kappa shape index (κ3) is 5.53. The fraction of sp³-hybridized carbons (Fsp3) is 0.241. The van der Waals surface area contributed by atoms with Crippen molar-refractivity contribution in [2.24, 2.45) is 5.92 Å². The molecule has 0 radical (unpaired) electrons. The van der Waals surface area contributed by atoms with Gasteiger partial charge in [0, 0.05) is 24.2 Å². The number of ether oxygens (including phenoxy) is 1. The molecule has 1 fully saturated rings. The van der Waals surface area contributed by atoms with E-state index >= 15 is 0 Å². The van der Waals surface area contributed by atoms with E-state index in [4.69, 9.17) is 4.74 Å². The highest BCUT2D eigenvalue weighted by atomic mass is 16.6. The fourth-order valence-corrected chi connectivity index (χ4v) is 4.30. The van der Waals surface area contributed by atoms with Gasteiger partial charge in [-0.15, -0.1) is 0 Å². The Hall–Kier alpha value is -4.46. The van der Waals surface area contributed by atoms with Crippen molar-refractivity contribution in [3.05, 3.63) is 111 Å². The number of non-ortho nitro benzene ring substituents is 1. The Bertz CT molecular complexity index is 1380. The predicted molar refractivity (Wildman–Crippen MR) is 139 cm³/mol. The number of hydrogen-bond acceptors (Lipinski definition) is 6. The number of nitro benzene ring substituents is 1. The molecule has 1 N–H and O–H groups in total. The van der Waals surface area contributed by atoms with Gasteiger partial charge in [0.15, 0.2) is 0 Å². The minimum Gasteiger partial charge on any atom is -0.507 e. The van der Waals surface area contributed by atoms with E-state index in [9.17, 15) is 24.8 Å². The van der Waals surface area contributed by atoms with Crippen LogP contribution in [0.4, 0.5) is 5.69 Å². The van der Waals surface area contributed by atoms with Gasteiger partial charge in [-0.05, 0) is 36.1 Å². The third-order valence-electron chi connectivity index (χ3n) is 6.09. The Labute approximate surface area is 215 Å². The molecule has 190 valence electrons. The van der Waals surface area contributed by atoms with E-state index in [1.54, 1.807) is 6.07 Å².